The molecule has 1 aromatic rings. The smallest absolute Gasteiger partial charge is 0.211 e. The molecule has 4 nitrogen and oxygen atoms in total. The first-order valence-corrected chi connectivity index (χ1v) is 6.54. The van der Waals surface area contributed by atoms with Gasteiger partial charge < -0.3 is 0 Å². The van der Waals surface area contributed by atoms with Crippen molar-refractivity contribution in [3.8, 4) is 6.07 Å². The van der Waals surface area contributed by atoms with Crippen LogP contribution in [-0.4, -0.2) is 15.0 Å². The van der Waals surface area contributed by atoms with E-state index in [0.29, 0.717) is 13.0 Å². The first kappa shape index (κ1) is 12.7. The molecule has 0 aliphatic rings. The summed E-state index contributed by atoms with van der Waals surface area (Å²) in [6, 6.07) is 8.36. The third-order valence-electron chi connectivity index (χ3n) is 2.06. The van der Waals surface area contributed by atoms with Crippen LogP contribution in [0.4, 0.5) is 0 Å². The van der Waals surface area contributed by atoms with Gasteiger partial charge in [0.25, 0.3) is 0 Å². The fourth-order valence-electron chi connectivity index (χ4n) is 1.20. The highest BCUT2D eigenvalue weighted by atomic mass is 32.2. The zero-order valence-electron chi connectivity index (χ0n) is 9.10. The molecule has 0 spiro atoms. The van der Waals surface area contributed by atoms with E-state index >= 15 is 0 Å². The van der Waals surface area contributed by atoms with Crippen LogP contribution in [0.5, 0.6) is 0 Å². The van der Waals surface area contributed by atoms with Crippen LogP contribution in [0.15, 0.2) is 29.2 Å². The summed E-state index contributed by atoms with van der Waals surface area (Å²) in [5, 5.41) is 8.48. The summed E-state index contributed by atoms with van der Waals surface area (Å²) in [6.45, 7) is 2.33. The molecule has 1 N–H and O–H groups in total. The number of hydrogen-bond donors (Lipinski definition) is 1. The van der Waals surface area contributed by atoms with Crippen molar-refractivity contribution in [3.05, 3.63) is 29.8 Å². The molecule has 86 valence electrons. The zero-order valence-corrected chi connectivity index (χ0v) is 9.92. The van der Waals surface area contributed by atoms with Gasteiger partial charge in [-0.1, -0.05) is 19.1 Å². The second kappa shape index (κ2) is 5.64. The Morgan fingerprint density at radius 2 is 1.94 bits per heavy atom. The van der Waals surface area contributed by atoms with Crippen molar-refractivity contribution in [3.63, 3.8) is 0 Å². The van der Waals surface area contributed by atoms with Gasteiger partial charge in [0.15, 0.2) is 0 Å². The summed E-state index contributed by atoms with van der Waals surface area (Å²) in [5.74, 6) is 0. The lowest BCUT2D eigenvalue weighted by atomic mass is 10.2. The molecule has 0 heterocycles. The minimum absolute atomic E-state index is 0.239. The number of hydrogen-bond acceptors (Lipinski definition) is 3. The summed E-state index contributed by atoms with van der Waals surface area (Å²) in [6.07, 6.45) is 1.05. The van der Waals surface area contributed by atoms with Crippen LogP contribution in [0.2, 0.25) is 0 Å². The Morgan fingerprint density at radius 3 is 2.44 bits per heavy atom. The van der Waals surface area contributed by atoms with E-state index in [4.69, 9.17) is 5.26 Å². The van der Waals surface area contributed by atoms with Gasteiger partial charge >= 0.3 is 0 Å². The van der Waals surface area contributed by atoms with Crippen molar-refractivity contribution >= 4 is 10.0 Å². The Morgan fingerprint density at radius 1 is 1.31 bits per heavy atom. The number of nitriles is 1. The minimum atomic E-state index is -3.39. The van der Waals surface area contributed by atoms with Crippen molar-refractivity contribution in [2.75, 3.05) is 6.54 Å². The molecule has 0 saturated heterocycles. The second-order valence-corrected chi connectivity index (χ2v) is 5.14. The van der Waals surface area contributed by atoms with E-state index in [1.165, 1.54) is 12.1 Å². The molecule has 16 heavy (non-hydrogen) atoms. The van der Waals surface area contributed by atoms with E-state index in [0.717, 1.165) is 12.0 Å². The number of nitrogens with zero attached hydrogens (tertiary/aromatic N) is 1. The van der Waals surface area contributed by atoms with Crippen molar-refractivity contribution in [1.82, 2.24) is 4.72 Å². The summed E-state index contributed by atoms with van der Waals surface area (Å²) in [4.78, 5) is 0.239. The Bertz CT molecular complexity index is 472. The van der Waals surface area contributed by atoms with Crippen molar-refractivity contribution < 1.29 is 8.42 Å². The van der Waals surface area contributed by atoms with Crippen LogP contribution in [-0.2, 0) is 16.4 Å². The van der Waals surface area contributed by atoms with Crippen LogP contribution in [0.3, 0.4) is 0 Å². The molecule has 0 fully saturated rings. The van der Waals surface area contributed by atoms with E-state index in [9.17, 15) is 8.42 Å². The Kier molecular flexibility index (Phi) is 4.47. The van der Waals surface area contributed by atoms with E-state index in [1.54, 1.807) is 12.1 Å². The molecule has 0 aliphatic heterocycles. The maximum absolute atomic E-state index is 11.7. The third-order valence-corrected chi connectivity index (χ3v) is 3.54. The van der Waals surface area contributed by atoms with E-state index in [-0.39, 0.29) is 4.90 Å². The van der Waals surface area contributed by atoms with Gasteiger partial charge in [-0.3, -0.25) is 0 Å². The second-order valence-electron chi connectivity index (χ2n) is 3.38. The van der Waals surface area contributed by atoms with E-state index < -0.39 is 10.0 Å². The minimum Gasteiger partial charge on any atom is -0.211 e. The summed E-state index contributed by atoms with van der Waals surface area (Å²) in [5.41, 5.74) is 0.817. The maximum atomic E-state index is 11.7. The predicted octanol–water partition coefficient (Wildman–Crippen LogP) is 1.44. The van der Waals surface area contributed by atoms with Gasteiger partial charge in [-0.2, -0.15) is 5.26 Å². The molecule has 0 radical (unpaired) electrons. The van der Waals surface area contributed by atoms with Gasteiger partial charge in [-0.25, -0.2) is 13.1 Å². The fourth-order valence-corrected chi connectivity index (χ4v) is 2.33. The molecular formula is C11H14N2O2S. The Labute approximate surface area is 96.0 Å². The van der Waals surface area contributed by atoms with Gasteiger partial charge in [0.05, 0.1) is 17.4 Å². The zero-order chi connectivity index (χ0) is 12.0. The molecule has 0 bridgehead atoms. The average molecular weight is 238 g/mol. The highest BCUT2D eigenvalue weighted by Gasteiger charge is 2.12. The van der Waals surface area contributed by atoms with Crippen LogP contribution < -0.4 is 4.72 Å². The summed E-state index contributed by atoms with van der Waals surface area (Å²) < 4.78 is 25.9. The number of rotatable bonds is 5. The lowest BCUT2D eigenvalue weighted by molar-refractivity contribution is 0.581. The van der Waals surface area contributed by atoms with Gasteiger partial charge in [-0.15, -0.1) is 0 Å². The summed E-state index contributed by atoms with van der Waals surface area (Å²) >= 11 is 0. The largest absolute Gasteiger partial charge is 0.240 e. The van der Waals surface area contributed by atoms with Crippen molar-refractivity contribution in [2.24, 2.45) is 0 Å². The molecule has 0 unspecified atom stereocenters. The molecular weight excluding hydrogens is 224 g/mol. The average Bonchev–Trinajstić information content (AvgIpc) is 2.28. The molecule has 0 atom stereocenters. The number of benzene rings is 1. The SMILES string of the molecule is CCCNS(=O)(=O)c1ccc(CC#N)cc1. The van der Waals surface area contributed by atoms with Gasteiger partial charge in [0.1, 0.15) is 0 Å². The first-order chi connectivity index (χ1) is 7.60. The normalized spacial score (nSPS) is 11.0. The fraction of sp³-hybridized carbons (Fsp3) is 0.364. The molecule has 0 aromatic heterocycles. The quantitative estimate of drug-likeness (QED) is 0.843. The molecule has 1 rings (SSSR count). The van der Waals surface area contributed by atoms with Gasteiger partial charge in [0, 0.05) is 6.54 Å². The standard InChI is InChI=1S/C11H14N2O2S/c1-2-9-13-16(14,15)11-5-3-10(4-6-11)7-8-12/h3-6,13H,2,7,9H2,1H3. The third kappa shape index (κ3) is 3.33. The van der Waals surface area contributed by atoms with Crippen LogP contribution in [0, 0.1) is 11.3 Å². The first-order valence-electron chi connectivity index (χ1n) is 5.05. The highest BCUT2D eigenvalue weighted by Crippen LogP contribution is 2.10. The van der Waals surface area contributed by atoms with Crippen molar-refractivity contribution in [2.45, 2.75) is 24.7 Å². The molecule has 1 aromatic carbocycles. The highest BCUT2D eigenvalue weighted by molar-refractivity contribution is 7.89. The van der Waals surface area contributed by atoms with E-state index in [2.05, 4.69) is 4.72 Å². The molecule has 5 heteroatoms. The topological polar surface area (TPSA) is 70.0 Å². The maximum Gasteiger partial charge on any atom is 0.240 e. The van der Waals surface area contributed by atoms with Crippen LogP contribution in [0.25, 0.3) is 0 Å². The lowest BCUT2D eigenvalue weighted by Crippen LogP contribution is -2.24. The van der Waals surface area contributed by atoms with E-state index in [1.807, 2.05) is 13.0 Å². The Hall–Kier alpha value is -1.38. The molecule has 0 amide bonds. The van der Waals surface area contributed by atoms with Crippen molar-refractivity contribution in [1.29, 1.82) is 5.26 Å². The predicted molar refractivity (Wildman–Crippen MR) is 61.2 cm³/mol. The number of sulfonamides is 1. The number of nitrogens with one attached hydrogen (secondary N) is 1. The van der Waals surface area contributed by atoms with Crippen LogP contribution in [0.1, 0.15) is 18.9 Å². The monoisotopic (exact) mass is 238 g/mol. The summed E-state index contributed by atoms with van der Waals surface area (Å²) in [7, 11) is -3.39. The Balaban J connectivity index is 2.85. The lowest BCUT2D eigenvalue weighted by Gasteiger charge is -2.05. The van der Waals surface area contributed by atoms with Crippen LogP contribution >= 0.6 is 0 Å². The van der Waals surface area contributed by atoms with Gasteiger partial charge in [-0.05, 0) is 24.1 Å². The molecule has 0 aliphatic carbocycles. The van der Waals surface area contributed by atoms with Gasteiger partial charge in [0.2, 0.25) is 10.0 Å². The molecule has 0 saturated carbocycles.